The summed E-state index contributed by atoms with van der Waals surface area (Å²) in [4.78, 5) is 26.5. The second-order valence-electron chi connectivity index (χ2n) is 3.89. The lowest BCUT2D eigenvalue weighted by molar-refractivity contribution is -0.139. The van der Waals surface area contributed by atoms with Crippen LogP contribution >= 0.6 is 0 Å². The molecule has 0 aliphatic carbocycles. The standard InChI is InChI=1S/C12H16N2O5/c1-19-6-2-3-9(12(17)18)14-11(16)8-4-5-13-7-10(8)15/h4-5,7,9,15H,2-3,6H2,1H3,(H,14,16)(H,17,18). The van der Waals surface area contributed by atoms with E-state index < -0.39 is 17.9 Å². The van der Waals surface area contributed by atoms with Crippen LogP contribution in [0.5, 0.6) is 5.75 Å². The monoisotopic (exact) mass is 268 g/mol. The van der Waals surface area contributed by atoms with Crippen LogP contribution in [0.15, 0.2) is 18.5 Å². The zero-order chi connectivity index (χ0) is 14.3. The highest BCUT2D eigenvalue weighted by molar-refractivity contribution is 5.98. The van der Waals surface area contributed by atoms with E-state index in [1.807, 2.05) is 0 Å². The average molecular weight is 268 g/mol. The summed E-state index contributed by atoms with van der Waals surface area (Å²) in [5, 5.41) is 20.8. The highest BCUT2D eigenvalue weighted by Gasteiger charge is 2.21. The van der Waals surface area contributed by atoms with Crippen molar-refractivity contribution in [2.45, 2.75) is 18.9 Å². The molecular formula is C12H16N2O5. The highest BCUT2D eigenvalue weighted by atomic mass is 16.5. The largest absolute Gasteiger partial charge is 0.505 e. The first-order valence-electron chi connectivity index (χ1n) is 5.72. The fourth-order valence-electron chi connectivity index (χ4n) is 1.50. The predicted octanol–water partition coefficient (Wildman–Crippen LogP) is 0.397. The molecule has 1 heterocycles. The Kier molecular flexibility index (Phi) is 5.74. The smallest absolute Gasteiger partial charge is 0.326 e. The number of carboxylic acids is 1. The minimum absolute atomic E-state index is 0.00649. The quantitative estimate of drug-likeness (QED) is 0.617. The van der Waals surface area contributed by atoms with Crippen molar-refractivity contribution < 1.29 is 24.5 Å². The van der Waals surface area contributed by atoms with Gasteiger partial charge in [-0.15, -0.1) is 0 Å². The minimum Gasteiger partial charge on any atom is -0.505 e. The number of ether oxygens (including phenoxy) is 1. The van der Waals surface area contributed by atoms with E-state index in [4.69, 9.17) is 9.84 Å². The van der Waals surface area contributed by atoms with Crippen molar-refractivity contribution in [3.8, 4) is 5.75 Å². The van der Waals surface area contributed by atoms with Crippen LogP contribution in [0.1, 0.15) is 23.2 Å². The Morgan fingerprint density at radius 2 is 2.26 bits per heavy atom. The Bertz CT molecular complexity index is 450. The number of aliphatic carboxylic acids is 1. The fourth-order valence-corrected chi connectivity index (χ4v) is 1.50. The number of hydrogen-bond donors (Lipinski definition) is 3. The second-order valence-corrected chi connectivity index (χ2v) is 3.89. The van der Waals surface area contributed by atoms with Crippen LogP contribution in [0.2, 0.25) is 0 Å². The number of carbonyl (C=O) groups excluding carboxylic acids is 1. The van der Waals surface area contributed by atoms with Gasteiger partial charge in [0.1, 0.15) is 11.8 Å². The van der Waals surface area contributed by atoms with E-state index in [1.165, 1.54) is 19.4 Å². The van der Waals surface area contributed by atoms with Crippen LogP contribution in [0, 0.1) is 0 Å². The zero-order valence-electron chi connectivity index (χ0n) is 10.5. The zero-order valence-corrected chi connectivity index (χ0v) is 10.5. The molecule has 104 valence electrons. The SMILES string of the molecule is COCCCC(NC(=O)c1ccncc1O)C(=O)O. The first kappa shape index (κ1) is 14.9. The van der Waals surface area contributed by atoms with Crippen LogP contribution in [-0.4, -0.2) is 46.8 Å². The van der Waals surface area contributed by atoms with Crippen LogP contribution in [-0.2, 0) is 9.53 Å². The summed E-state index contributed by atoms with van der Waals surface area (Å²) in [5.74, 6) is -2.07. The molecule has 7 nitrogen and oxygen atoms in total. The van der Waals surface area contributed by atoms with Gasteiger partial charge in [0.25, 0.3) is 5.91 Å². The van der Waals surface area contributed by atoms with Gasteiger partial charge in [0.2, 0.25) is 0 Å². The lowest BCUT2D eigenvalue weighted by Crippen LogP contribution is -2.40. The van der Waals surface area contributed by atoms with Gasteiger partial charge in [-0.25, -0.2) is 4.79 Å². The molecule has 1 amide bonds. The Balaban J connectivity index is 2.66. The van der Waals surface area contributed by atoms with Gasteiger partial charge in [0.05, 0.1) is 11.8 Å². The van der Waals surface area contributed by atoms with Gasteiger partial charge in [-0.1, -0.05) is 0 Å². The minimum atomic E-state index is -1.13. The molecule has 0 aliphatic heterocycles. The lowest BCUT2D eigenvalue weighted by Gasteiger charge is -2.14. The van der Waals surface area contributed by atoms with Crippen molar-refractivity contribution in [1.29, 1.82) is 0 Å². The third-order valence-electron chi connectivity index (χ3n) is 2.49. The Hall–Kier alpha value is -2.15. The van der Waals surface area contributed by atoms with E-state index in [9.17, 15) is 14.7 Å². The predicted molar refractivity (Wildman–Crippen MR) is 65.9 cm³/mol. The highest BCUT2D eigenvalue weighted by Crippen LogP contribution is 2.14. The summed E-state index contributed by atoms with van der Waals surface area (Å²) in [6.07, 6.45) is 3.22. The number of carboxylic acid groups (broad SMARTS) is 1. The molecule has 1 aromatic heterocycles. The molecule has 0 bridgehead atoms. The first-order valence-corrected chi connectivity index (χ1v) is 5.72. The van der Waals surface area contributed by atoms with Gasteiger partial charge in [-0.3, -0.25) is 9.78 Å². The van der Waals surface area contributed by atoms with Gasteiger partial charge in [-0.2, -0.15) is 0 Å². The number of aromatic hydroxyl groups is 1. The third-order valence-corrected chi connectivity index (χ3v) is 2.49. The van der Waals surface area contributed by atoms with Gasteiger partial charge in [0.15, 0.2) is 0 Å². The van der Waals surface area contributed by atoms with Crippen molar-refractivity contribution >= 4 is 11.9 Å². The third kappa shape index (κ3) is 4.55. The van der Waals surface area contributed by atoms with Gasteiger partial charge in [0, 0.05) is 19.9 Å². The maximum atomic E-state index is 11.8. The summed E-state index contributed by atoms with van der Waals surface area (Å²) >= 11 is 0. The summed E-state index contributed by atoms with van der Waals surface area (Å²) < 4.78 is 4.83. The molecule has 1 rings (SSSR count). The van der Waals surface area contributed by atoms with Crippen LogP contribution in [0.3, 0.4) is 0 Å². The molecule has 0 fully saturated rings. The number of methoxy groups -OCH3 is 1. The number of hydrogen-bond acceptors (Lipinski definition) is 5. The Morgan fingerprint density at radius 3 is 2.84 bits per heavy atom. The summed E-state index contributed by atoms with van der Waals surface area (Å²) in [7, 11) is 1.52. The number of nitrogens with zero attached hydrogens (tertiary/aromatic N) is 1. The molecule has 19 heavy (non-hydrogen) atoms. The molecular weight excluding hydrogens is 252 g/mol. The van der Waals surface area contributed by atoms with Gasteiger partial charge < -0.3 is 20.3 Å². The van der Waals surface area contributed by atoms with Crippen LogP contribution in [0.25, 0.3) is 0 Å². The average Bonchev–Trinajstić information content (AvgIpc) is 2.38. The topological polar surface area (TPSA) is 109 Å². The van der Waals surface area contributed by atoms with Gasteiger partial charge in [-0.05, 0) is 18.9 Å². The van der Waals surface area contributed by atoms with Crippen LogP contribution in [0.4, 0.5) is 0 Å². The van der Waals surface area contributed by atoms with Crippen LogP contribution < -0.4 is 5.32 Å². The Morgan fingerprint density at radius 1 is 1.53 bits per heavy atom. The number of aromatic nitrogens is 1. The molecule has 0 saturated carbocycles. The lowest BCUT2D eigenvalue weighted by atomic mass is 10.1. The van der Waals surface area contributed by atoms with E-state index in [2.05, 4.69) is 10.3 Å². The fraction of sp³-hybridized carbons (Fsp3) is 0.417. The number of nitrogens with one attached hydrogen (secondary N) is 1. The maximum absolute atomic E-state index is 11.8. The number of pyridine rings is 1. The van der Waals surface area contributed by atoms with Crippen molar-refractivity contribution in [3.63, 3.8) is 0 Å². The van der Waals surface area contributed by atoms with Crippen molar-refractivity contribution in [2.24, 2.45) is 0 Å². The van der Waals surface area contributed by atoms with E-state index in [0.29, 0.717) is 13.0 Å². The van der Waals surface area contributed by atoms with E-state index in [0.717, 1.165) is 6.20 Å². The normalized spacial score (nSPS) is 11.8. The van der Waals surface area contributed by atoms with E-state index >= 15 is 0 Å². The number of carbonyl (C=O) groups is 2. The molecule has 1 unspecified atom stereocenters. The van der Waals surface area contributed by atoms with Crippen molar-refractivity contribution in [3.05, 3.63) is 24.0 Å². The number of rotatable bonds is 7. The van der Waals surface area contributed by atoms with E-state index in [1.54, 1.807) is 0 Å². The van der Waals surface area contributed by atoms with Crippen molar-refractivity contribution in [1.82, 2.24) is 10.3 Å². The molecule has 1 atom stereocenters. The van der Waals surface area contributed by atoms with Crippen molar-refractivity contribution in [2.75, 3.05) is 13.7 Å². The summed E-state index contributed by atoms with van der Waals surface area (Å²) in [6.45, 7) is 0.417. The molecule has 3 N–H and O–H groups in total. The molecule has 0 radical (unpaired) electrons. The summed E-state index contributed by atoms with van der Waals surface area (Å²) in [6, 6.07) is 0.300. The molecule has 0 aliphatic rings. The molecule has 0 spiro atoms. The molecule has 7 heteroatoms. The number of amides is 1. The molecule has 0 aromatic carbocycles. The first-order chi connectivity index (χ1) is 9.06. The van der Waals surface area contributed by atoms with Gasteiger partial charge >= 0.3 is 5.97 Å². The second kappa shape index (κ2) is 7.32. The molecule has 1 aromatic rings. The maximum Gasteiger partial charge on any atom is 0.326 e. The van der Waals surface area contributed by atoms with E-state index in [-0.39, 0.29) is 17.7 Å². The Labute approximate surface area is 110 Å². The molecule has 0 saturated heterocycles. The summed E-state index contributed by atoms with van der Waals surface area (Å²) in [5.41, 5.74) is -0.00649.